The van der Waals surface area contributed by atoms with Crippen LogP contribution in [0.1, 0.15) is 11.1 Å². The third-order valence-corrected chi connectivity index (χ3v) is 3.25. The van der Waals surface area contributed by atoms with Crippen LogP contribution < -0.4 is 4.74 Å². The predicted octanol–water partition coefficient (Wildman–Crippen LogP) is 3.30. The molecule has 2 heterocycles. The maximum absolute atomic E-state index is 12.6. The molecule has 0 fully saturated rings. The van der Waals surface area contributed by atoms with E-state index in [1.807, 2.05) is 31.2 Å². The maximum atomic E-state index is 12.6. The summed E-state index contributed by atoms with van der Waals surface area (Å²) in [6, 6.07) is 9.31. The monoisotopic (exact) mass is 316 g/mol. The van der Waals surface area contributed by atoms with Gasteiger partial charge in [0.15, 0.2) is 0 Å². The fourth-order valence-corrected chi connectivity index (χ4v) is 2.28. The Bertz CT molecular complexity index is 791. The fourth-order valence-electron chi connectivity index (χ4n) is 2.28. The first-order chi connectivity index (χ1) is 11.1. The molecule has 0 radical (unpaired) electrons. The Hall–Kier alpha value is -2.83. The summed E-state index contributed by atoms with van der Waals surface area (Å²) in [7, 11) is 0. The molecule has 0 saturated heterocycles. The van der Waals surface area contributed by atoms with Crippen molar-refractivity contribution in [3.05, 3.63) is 60.3 Å². The molecule has 0 aliphatic heterocycles. The number of rotatable bonds is 5. The molecular weight excluding hydrogens is 302 g/mol. The lowest BCUT2D eigenvalue weighted by atomic mass is 10.0. The van der Waals surface area contributed by atoms with Crippen molar-refractivity contribution in [2.75, 3.05) is 0 Å². The number of halogens is 2. The van der Waals surface area contributed by atoms with E-state index in [-0.39, 0.29) is 5.88 Å². The van der Waals surface area contributed by atoms with Crippen LogP contribution in [0.5, 0.6) is 5.88 Å². The summed E-state index contributed by atoms with van der Waals surface area (Å²) in [6.45, 7) is -0.544. The lowest BCUT2D eigenvalue weighted by Crippen LogP contribution is -2.07. The predicted molar refractivity (Wildman–Crippen MR) is 80.2 cm³/mol. The molecule has 3 rings (SSSR count). The first-order valence-electron chi connectivity index (χ1n) is 6.95. The molecule has 0 unspecified atom stereocenters. The summed E-state index contributed by atoms with van der Waals surface area (Å²) in [5, 5.41) is 4.03. The van der Waals surface area contributed by atoms with E-state index in [1.165, 1.54) is 12.5 Å². The van der Waals surface area contributed by atoms with E-state index in [4.69, 9.17) is 0 Å². The number of aromatic nitrogens is 4. The van der Waals surface area contributed by atoms with E-state index in [1.54, 1.807) is 17.1 Å². The minimum atomic E-state index is -2.92. The number of aryl methyl sites for hydroxylation is 1. The van der Waals surface area contributed by atoms with Gasteiger partial charge in [0.05, 0.1) is 6.54 Å². The average Bonchev–Trinajstić information content (AvgIpc) is 3.01. The lowest BCUT2D eigenvalue weighted by Gasteiger charge is -2.12. The second-order valence-electron chi connectivity index (χ2n) is 5.04. The molecule has 0 spiro atoms. The Morgan fingerprint density at radius 1 is 1.26 bits per heavy atom. The summed E-state index contributed by atoms with van der Waals surface area (Å²) in [4.78, 5) is 7.92. The van der Waals surface area contributed by atoms with Crippen LogP contribution in [0.25, 0.3) is 11.1 Å². The Balaban J connectivity index is 2.01. The number of hydrogen-bond donors (Lipinski definition) is 0. The van der Waals surface area contributed by atoms with Crippen molar-refractivity contribution in [3.63, 3.8) is 0 Å². The van der Waals surface area contributed by atoms with E-state index in [2.05, 4.69) is 19.8 Å². The Kier molecular flexibility index (Phi) is 4.27. The van der Waals surface area contributed by atoms with Crippen LogP contribution in [-0.4, -0.2) is 26.4 Å². The van der Waals surface area contributed by atoms with Gasteiger partial charge in [0.2, 0.25) is 5.88 Å². The molecule has 0 amide bonds. The summed E-state index contributed by atoms with van der Waals surface area (Å²) < 4.78 is 31.4. The molecule has 0 bridgehead atoms. The molecule has 0 aliphatic rings. The maximum Gasteiger partial charge on any atom is 0.388 e. The molecule has 23 heavy (non-hydrogen) atoms. The number of ether oxygens (including phenoxy) is 1. The van der Waals surface area contributed by atoms with Gasteiger partial charge in [-0.3, -0.25) is 0 Å². The van der Waals surface area contributed by atoms with Gasteiger partial charge >= 0.3 is 6.61 Å². The van der Waals surface area contributed by atoms with Gasteiger partial charge in [-0.05, 0) is 24.1 Å². The van der Waals surface area contributed by atoms with Crippen molar-refractivity contribution in [2.24, 2.45) is 0 Å². The highest BCUT2D eigenvalue weighted by Gasteiger charge is 2.14. The van der Waals surface area contributed by atoms with Crippen LogP contribution in [0.4, 0.5) is 8.78 Å². The zero-order chi connectivity index (χ0) is 16.2. The minimum absolute atomic E-state index is 0.0899. The average molecular weight is 316 g/mol. The largest absolute Gasteiger partial charge is 0.416 e. The van der Waals surface area contributed by atoms with Crippen LogP contribution in [0.3, 0.4) is 0 Å². The van der Waals surface area contributed by atoms with E-state index in [0.29, 0.717) is 12.1 Å². The second kappa shape index (κ2) is 6.51. The lowest BCUT2D eigenvalue weighted by molar-refractivity contribution is -0.0524. The summed E-state index contributed by atoms with van der Waals surface area (Å²) >= 11 is 0. The van der Waals surface area contributed by atoms with E-state index in [0.717, 1.165) is 16.7 Å². The Morgan fingerprint density at radius 3 is 2.83 bits per heavy atom. The standard InChI is InChI=1S/C16H14F2N4O/c1-11-3-2-4-13(5-11)14-6-12(8-22-10-19-9-21-22)7-20-15(14)23-16(17)18/h2-7,9-10,16H,8H2,1H3. The van der Waals surface area contributed by atoms with Crippen molar-refractivity contribution in [1.82, 2.24) is 19.7 Å². The molecule has 7 heteroatoms. The van der Waals surface area contributed by atoms with Gasteiger partial charge in [-0.25, -0.2) is 14.6 Å². The smallest absolute Gasteiger partial charge is 0.388 e. The van der Waals surface area contributed by atoms with Crippen LogP contribution in [0.15, 0.2) is 49.2 Å². The van der Waals surface area contributed by atoms with Gasteiger partial charge in [0, 0.05) is 11.8 Å². The molecule has 0 saturated carbocycles. The molecule has 0 aliphatic carbocycles. The Labute approximate surface area is 131 Å². The highest BCUT2D eigenvalue weighted by molar-refractivity contribution is 5.69. The number of hydrogen-bond acceptors (Lipinski definition) is 4. The number of benzene rings is 1. The van der Waals surface area contributed by atoms with Crippen molar-refractivity contribution in [2.45, 2.75) is 20.1 Å². The third kappa shape index (κ3) is 3.68. The first-order valence-corrected chi connectivity index (χ1v) is 6.95. The van der Waals surface area contributed by atoms with Crippen molar-refractivity contribution >= 4 is 0 Å². The highest BCUT2D eigenvalue weighted by atomic mass is 19.3. The Morgan fingerprint density at radius 2 is 2.13 bits per heavy atom. The van der Waals surface area contributed by atoms with Gasteiger partial charge in [-0.2, -0.15) is 13.9 Å². The minimum Gasteiger partial charge on any atom is -0.416 e. The van der Waals surface area contributed by atoms with Gasteiger partial charge in [0.1, 0.15) is 12.7 Å². The number of pyridine rings is 1. The van der Waals surface area contributed by atoms with Crippen LogP contribution in [-0.2, 0) is 6.54 Å². The zero-order valence-corrected chi connectivity index (χ0v) is 12.4. The van der Waals surface area contributed by atoms with Crippen LogP contribution in [0.2, 0.25) is 0 Å². The second-order valence-corrected chi connectivity index (χ2v) is 5.04. The summed E-state index contributed by atoms with van der Waals surface area (Å²) in [5.74, 6) is -0.0899. The fraction of sp³-hybridized carbons (Fsp3) is 0.188. The van der Waals surface area contributed by atoms with E-state index in [9.17, 15) is 8.78 Å². The first kappa shape index (κ1) is 15.1. The summed E-state index contributed by atoms with van der Waals surface area (Å²) in [5.41, 5.74) is 3.13. The van der Waals surface area contributed by atoms with Gasteiger partial charge in [-0.15, -0.1) is 0 Å². The molecule has 3 aromatic rings. The van der Waals surface area contributed by atoms with Crippen molar-refractivity contribution in [1.29, 1.82) is 0 Å². The quantitative estimate of drug-likeness (QED) is 0.725. The molecule has 2 aromatic heterocycles. The normalized spacial score (nSPS) is 11.0. The van der Waals surface area contributed by atoms with Gasteiger partial charge in [-0.1, -0.05) is 29.8 Å². The molecular formula is C16H14F2N4O. The van der Waals surface area contributed by atoms with Crippen LogP contribution >= 0.6 is 0 Å². The van der Waals surface area contributed by atoms with Crippen molar-refractivity contribution < 1.29 is 13.5 Å². The topological polar surface area (TPSA) is 52.8 Å². The number of alkyl halides is 2. The SMILES string of the molecule is Cc1cccc(-c2cc(Cn3cncn3)cnc2OC(F)F)c1. The van der Waals surface area contributed by atoms with Gasteiger partial charge in [0.25, 0.3) is 0 Å². The van der Waals surface area contributed by atoms with Crippen molar-refractivity contribution in [3.8, 4) is 17.0 Å². The molecule has 0 N–H and O–H groups in total. The molecule has 0 atom stereocenters. The van der Waals surface area contributed by atoms with Crippen LogP contribution in [0, 0.1) is 6.92 Å². The number of nitrogens with zero attached hydrogens (tertiary/aromatic N) is 4. The van der Waals surface area contributed by atoms with E-state index >= 15 is 0 Å². The highest BCUT2D eigenvalue weighted by Crippen LogP contribution is 2.30. The summed E-state index contributed by atoms with van der Waals surface area (Å²) in [6.07, 6.45) is 4.51. The van der Waals surface area contributed by atoms with E-state index < -0.39 is 6.61 Å². The third-order valence-electron chi connectivity index (χ3n) is 3.25. The molecule has 1 aromatic carbocycles. The molecule has 5 nitrogen and oxygen atoms in total. The zero-order valence-electron chi connectivity index (χ0n) is 12.4. The molecule has 118 valence electrons. The van der Waals surface area contributed by atoms with Gasteiger partial charge < -0.3 is 4.74 Å².